The number of nitrogens with zero attached hydrogens (tertiary/aromatic N) is 2. The highest BCUT2D eigenvalue weighted by molar-refractivity contribution is 6.21. The second kappa shape index (κ2) is 6.81. The van der Waals surface area contributed by atoms with Crippen molar-refractivity contribution in [2.75, 3.05) is 13.1 Å². The number of H-pyrrole nitrogens is 2. The van der Waals surface area contributed by atoms with Gasteiger partial charge in [0.1, 0.15) is 0 Å². The van der Waals surface area contributed by atoms with Crippen LogP contribution in [-0.4, -0.2) is 40.9 Å². The Balaban J connectivity index is 1.70. The summed E-state index contributed by atoms with van der Waals surface area (Å²) < 4.78 is 0. The molecule has 0 radical (unpaired) electrons. The van der Waals surface area contributed by atoms with E-state index in [1.54, 1.807) is 12.4 Å². The lowest BCUT2D eigenvalue weighted by atomic mass is 10.4. The van der Waals surface area contributed by atoms with Crippen LogP contribution in [0.4, 0.5) is 0 Å². The summed E-state index contributed by atoms with van der Waals surface area (Å²) in [6.07, 6.45) is 7.29. The minimum Gasteiger partial charge on any atom is -0.360 e. The molecule has 0 atom stereocenters. The van der Waals surface area contributed by atoms with Crippen molar-refractivity contribution in [3.63, 3.8) is 0 Å². The van der Waals surface area contributed by atoms with E-state index in [0.29, 0.717) is 13.1 Å². The maximum absolute atomic E-state index is 6.11. The lowest BCUT2D eigenvalue weighted by Gasteiger charge is -2.00. The molecule has 0 bridgehead atoms. The van der Waals surface area contributed by atoms with Crippen LogP contribution in [0.15, 0.2) is 46.6 Å². The van der Waals surface area contributed by atoms with Gasteiger partial charge in [-0.15, -0.1) is 11.6 Å². The Labute approximate surface area is 111 Å². The third-order valence-corrected chi connectivity index (χ3v) is 2.59. The van der Waals surface area contributed by atoms with Gasteiger partial charge in [-0.2, -0.15) is 0 Å². The molecule has 2 rings (SSSR count). The summed E-state index contributed by atoms with van der Waals surface area (Å²) in [6.45, 7) is 1.12. The van der Waals surface area contributed by atoms with Gasteiger partial charge >= 0.3 is 0 Å². The smallest absolute Gasteiger partial charge is 0.0726 e. The topological polar surface area (TPSA) is 56.3 Å². The van der Waals surface area contributed by atoms with Gasteiger partial charge in [0, 0.05) is 24.8 Å². The van der Waals surface area contributed by atoms with Crippen molar-refractivity contribution < 1.29 is 0 Å². The summed E-state index contributed by atoms with van der Waals surface area (Å²) in [5.41, 5.74) is 1.96. The molecule has 0 aromatic carbocycles. The number of aromatic amines is 2. The highest BCUT2D eigenvalue weighted by Gasteiger charge is 2.00. The second-order valence-electron chi connectivity index (χ2n) is 3.84. The largest absolute Gasteiger partial charge is 0.360 e. The summed E-state index contributed by atoms with van der Waals surface area (Å²) >= 11 is 6.11. The van der Waals surface area contributed by atoms with Gasteiger partial charge in [0.25, 0.3) is 0 Å². The number of aliphatic imine (C=N–C) groups is 2. The van der Waals surface area contributed by atoms with Crippen molar-refractivity contribution in [1.82, 2.24) is 9.97 Å². The average molecular weight is 263 g/mol. The van der Waals surface area contributed by atoms with E-state index in [-0.39, 0.29) is 5.38 Å². The van der Waals surface area contributed by atoms with Gasteiger partial charge in [0.2, 0.25) is 0 Å². The van der Waals surface area contributed by atoms with Crippen molar-refractivity contribution >= 4 is 24.0 Å². The van der Waals surface area contributed by atoms with E-state index in [9.17, 15) is 0 Å². The molecule has 2 aromatic rings. The molecule has 0 unspecified atom stereocenters. The molecule has 2 heterocycles. The second-order valence-corrected chi connectivity index (χ2v) is 4.45. The van der Waals surface area contributed by atoms with Gasteiger partial charge in [0.15, 0.2) is 0 Å². The molecule has 0 spiro atoms. The van der Waals surface area contributed by atoms with E-state index >= 15 is 0 Å². The van der Waals surface area contributed by atoms with Crippen LogP contribution in [0.2, 0.25) is 0 Å². The first-order valence-corrected chi connectivity index (χ1v) is 6.19. The number of hydrogen-bond donors (Lipinski definition) is 2. The maximum atomic E-state index is 6.11. The van der Waals surface area contributed by atoms with Crippen molar-refractivity contribution in [2.45, 2.75) is 5.38 Å². The summed E-state index contributed by atoms with van der Waals surface area (Å²) in [5, 5.41) is -0.0811. The molecule has 94 valence electrons. The molecular weight excluding hydrogens is 248 g/mol. The van der Waals surface area contributed by atoms with Gasteiger partial charge < -0.3 is 9.97 Å². The molecule has 4 nitrogen and oxygen atoms in total. The highest BCUT2D eigenvalue weighted by atomic mass is 35.5. The highest BCUT2D eigenvalue weighted by Crippen LogP contribution is 1.99. The van der Waals surface area contributed by atoms with E-state index in [1.807, 2.05) is 36.7 Å². The lowest BCUT2D eigenvalue weighted by molar-refractivity contribution is 0.859. The molecule has 0 aliphatic heterocycles. The quantitative estimate of drug-likeness (QED) is 0.594. The Morgan fingerprint density at radius 1 is 1.00 bits per heavy atom. The zero-order chi connectivity index (χ0) is 12.6. The monoisotopic (exact) mass is 262 g/mol. The zero-order valence-corrected chi connectivity index (χ0v) is 10.6. The van der Waals surface area contributed by atoms with Crippen LogP contribution in [0.5, 0.6) is 0 Å². The van der Waals surface area contributed by atoms with E-state index < -0.39 is 0 Å². The van der Waals surface area contributed by atoms with Crippen molar-refractivity contribution in [2.24, 2.45) is 9.98 Å². The summed E-state index contributed by atoms with van der Waals surface area (Å²) in [7, 11) is 0. The Morgan fingerprint density at radius 3 is 1.89 bits per heavy atom. The van der Waals surface area contributed by atoms with E-state index in [4.69, 9.17) is 11.6 Å². The SMILES string of the molecule is ClC(CN=Cc1ccc[nH]1)CN=Cc1ccc[nH]1. The summed E-state index contributed by atoms with van der Waals surface area (Å²) in [6, 6.07) is 7.77. The van der Waals surface area contributed by atoms with Gasteiger partial charge in [-0.3, -0.25) is 9.98 Å². The van der Waals surface area contributed by atoms with Crippen LogP contribution >= 0.6 is 11.6 Å². The number of hydrogen-bond acceptors (Lipinski definition) is 2. The Kier molecular flexibility index (Phi) is 4.78. The normalized spacial score (nSPS) is 13.6. The molecule has 5 heteroatoms. The number of alkyl halides is 1. The van der Waals surface area contributed by atoms with Gasteiger partial charge in [-0.1, -0.05) is 0 Å². The van der Waals surface area contributed by atoms with Gasteiger partial charge in [-0.25, -0.2) is 0 Å². The number of rotatable bonds is 6. The molecule has 2 aromatic heterocycles. The van der Waals surface area contributed by atoms with Crippen LogP contribution in [0.3, 0.4) is 0 Å². The first-order valence-electron chi connectivity index (χ1n) is 5.75. The average Bonchev–Trinajstić information content (AvgIpc) is 3.01. The van der Waals surface area contributed by atoms with E-state index in [1.165, 1.54) is 0 Å². The Hall–Kier alpha value is -1.81. The molecule has 0 aliphatic carbocycles. The minimum atomic E-state index is -0.0811. The fraction of sp³-hybridized carbons (Fsp3) is 0.231. The molecular formula is C13H15ClN4. The van der Waals surface area contributed by atoms with Gasteiger partial charge in [-0.05, 0) is 24.3 Å². The molecule has 0 fully saturated rings. The zero-order valence-electron chi connectivity index (χ0n) is 9.88. The number of nitrogens with one attached hydrogen (secondary N) is 2. The lowest BCUT2D eigenvalue weighted by Crippen LogP contribution is -2.08. The molecule has 0 amide bonds. The molecule has 2 N–H and O–H groups in total. The van der Waals surface area contributed by atoms with Crippen molar-refractivity contribution in [3.8, 4) is 0 Å². The van der Waals surface area contributed by atoms with Crippen LogP contribution < -0.4 is 0 Å². The summed E-state index contributed by atoms with van der Waals surface area (Å²) in [5.74, 6) is 0. The van der Waals surface area contributed by atoms with Crippen LogP contribution in [-0.2, 0) is 0 Å². The standard InChI is InChI=1S/C13H15ClN4/c14-11(7-15-9-12-3-1-5-17-12)8-16-10-13-4-2-6-18-13/h1-6,9-11,17-18H,7-8H2. The van der Waals surface area contributed by atoms with Gasteiger partial charge in [0.05, 0.1) is 29.9 Å². The predicted molar refractivity (Wildman–Crippen MR) is 76.1 cm³/mol. The number of aromatic nitrogens is 2. The first-order chi connectivity index (χ1) is 8.84. The van der Waals surface area contributed by atoms with E-state index in [0.717, 1.165) is 11.4 Å². The molecule has 18 heavy (non-hydrogen) atoms. The predicted octanol–water partition coefficient (Wildman–Crippen LogP) is 2.49. The first kappa shape index (κ1) is 12.6. The third kappa shape index (κ3) is 4.22. The number of halogens is 1. The Bertz CT molecular complexity index is 439. The van der Waals surface area contributed by atoms with E-state index in [2.05, 4.69) is 20.0 Å². The third-order valence-electron chi connectivity index (χ3n) is 2.31. The molecule has 0 saturated carbocycles. The van der Waals surface area contributed by atoms with Crippen molar-refractivity contribution in [3.05, 3.63) is 48.0 Å². The van der Waals surface area contributed by atoms with Crippen molar-refractivity contribution in [1.29, 1.82) is 0 Å². The van der Waals surface area contributed by atoms with Crippen LogP contribution in [0, 0.1) is 0 Å². The summed E-state index contributed by atoms with van der Waals surface area (Å²) in [4.78, 5) is 14.6. The molecule has 0 saturated heterocycles. The van der Waals surface area contributed by atoms with Crippen LogP contribution in [0.25, 0.3) is 0 Å². The Morgan fingerprint density at radius 2 is 1.50 bits per heavy atom. The minimum absolute atomic E-state index is 0.0811. The fourth-order valence-electron chi connectivity index (χ4n) is 1.44. The molecule has 0 aliphatic rings. The van der Waals surface area contributed by atoms with Crippen LogP contribution in [0.1, 0.15) is 11.4 Å². The fourth-order valence-corrected chi connectivity index (χ4v) is 1.60. The maximum Gasteiger partial charge on any atom is 0.0726 e.